The molecule has 0 aliphatic rings. The molecule has 0 N–H and O–H groups in total. The van der Waals surface area contributed by atoms with Gasteiger partial charge < -0.3 is 9.47 Å². The van der Waals surface area contributed by atoms with Crippen LogP contribution >= 0.6 is 0 Å². The second-order valence-electron chi connectivity index (χ2n) is 3.16. The van der Waals surface area contributed by atoms with Crippen LogP contribution in [0.25, 0.3) is 0 Å². The third-order valence-corrected chi connectivity index (χ3v) is 2.06. The van der Waals surface area contributed by atoms with Gasteiger partial charge in [0.25, 0.3) is 0 Å². The molecule has 0 bridgehead atoms. The van der Waals surface area contributed by atoms with E-state index >= 15 is 0 Å². The van der Waals surface area contributed by atoms with E-state index in [1.807, 2.05) is 6.07 Å². The molecule has 0 aliphatic carbocycles. The fourth-order valence-electron chi connectivity index (χ4n) is 1.20. The molecule has 0 aromatic heterocycles. The van der Waals surface area contributed by atoms with Crippen LogP contribution in [0.3, 0.4) is 0 Å². The summed E-state index contributed by atoms with van der Waals surface area (Å²) in [7, 11) is 1.26. The number of carbonyl (C=O) groups is 2. The van der Waals surface area contributed by atoms with E-state index in [-0.39, 0.29) is 6.42 Å². The molecule has 0 saturated heterocycles. The standard InChI is InChI=1S/C12H14O4/c1-3-10(13)16-11(12(14)15-2)9-7-5-4-6-8-9/h4-8,11H,3H2,1-2H3. The monoisotopic (exact) mass is 222 g/mol. The Labute approximate surface area is 94.2 Å². The molecule has 0 spiro atoms. The Kier molecular flexibility index (Phi) is 4.51. The third-order valence-electron chi connectivity index (χ3n) is 2.06. The van der Waals surface area contributed by atoms with Crippen molar-refractivity contribution in [2.45, 2.75) is 19.4 Å². The summed E-state index contributed by atoms with van der Waals surface area (Å²) in [5.41, 5.74) is 0.608. The first kappa shape index (κ1) is 12.2. The van der Waals surface area contributed by atoms with Crippen molar-refractivity contribution in [1.82, 2.24) is 0 Å². The molecule has 0 heterocycles. The van der Waals surface area contributed by atoms with Gasteiger partial charge >= 0.3 is 11.9 Å². The van der Waals surface area contributed by atoms with E-state index in [0.717, 1.165) is 0 Å². The van der Waals surface area contributed by atoms with Crippen LogP contribution in [0.15, 0.2) is 30.3 Å². The number of ether oxygens (including phenoxy) is 2. The Bertz CT molecular complexity index is 359. The summed E-state index contributed by atoms with van der Waals surface area (Å²) in [6.07, 6.45) is -0.751. The van der Waals surface area contributed by atoms with Crippen LogP contribution in [-0.4, -0.2) is 19.0 Å². The molecule has 1 atom stereocenters. The van der Waals surface area contributed by atoms with E-state index in [4.69, 9.17) is 4.74 Å². The summed E-state index contributed by atoms with van der Waals surface area (Å²) in [5.74, 6) is -1.01. The third kappa shape index (κ3) is 3.08. The zero-order valence-corrected chi connectivity index (χ0v) is 9.30. The van der Waals surface area contributed by atoms with Gasteiger partial charge in [-0.1, -0.05) is 37.3 Å². The number of benzene rings is 1. The predicted molar refractivity (Wildman–Crippen MR) is 57.6 cm³/mol. The van der Waals surface area contributed by atoms with Gasteiger partial charge in [0.05, 0.1) is 7.11 Å². The van der Waals surface area contributed by atoms with Crippen LogP contribution in [0, 0.1) is 0 Å². The highest BCUT2D eigenvalue weighted by Gasteiger charge is 2.24. The van der Waals surface area contributed by atoms with Gasteiger partial charge in [-0.25, -0.2) is 4.79 Å². The van der Waals surface area contributed by atoms with Crippen LogP contribution in [0.4, 0.5) is 0 Å². The molecular formula is C12H14O4. The Morgan fingerprint density at radius 1 is 1.25 bits per heavy atom. The van der Waals surface area contributed by atoms with E-state index in [2.05, 4.69) is 4.74 Å². The summed E-state index contributed by atoms with van der Waals surface area (Å²) in [6, 6.07) is 8.78. The second-order valence-corrected chi connectivity index (χ2v) is 3.16. The molecule has 4 nitrogen and oxygen atoms in total. The van der Waals surface area contributed by atoms with Crippen molar-refractivity contribution in [2.24, 2.45) is 0 Å². The van der Waals surface area contributed by atoms with E-state index in [9.17, 15) is 9.59 Å². The Hall–Kier alpha value is -1.84. The van der Waals surface area contributed by atoms with Crippen molar-refractivity contribution >= 4 is 11.9 Å². The van der Waals surface area contributed by atoms with Crippen molar-refractivity contribution in [3.63, 3.8) is 0 Å². The number of esters is 2. The van der Waals surface area contributed by atoms with Crippen LogP contribution < -0.4 is 0 Å². The molecular weight excluding hydrogens is 208 g/mol. The summed E-state index contributed by atoms with van der Waals surface area (Å²) < 4.78 is 9.62. The second kappa shape index (κ2) is 5.90. The first-order chi connectivity index (χ1) is 7.69. The van der Waals surface area contributed by atoms with Crippen LogP contribution in [-0.2, 0) is 19.1 Å². The minimum atomic E-state index is -0.973. The molecule has 1 rings (SSSR count). The van der Waals surface area contributed by atoms with Crippen molar-refractivity contribution in [2.75, 3.05) is 7.11 Å². The number of methoxy groups -OCH3 is 1. The Morgan fingerprint density at radius 2 is 1.88 bits per heavy atom. The topological polar surface area (TPSA) is 52.6 Å². The molecule has 4 heteroatoms. The number of hydrogen-bond acceptors (Lipinski definition) is 4. The van der Waals surface area contributed by atoms with E-state index in [1.54, 1.807) is 31.2 Å². The van der Waals surface area contributed by atoms with E-state index in [1.165, 1.54) is 7.11 Å². The summed E-state index contributed by atoms with van der Waals surface area (Å²) in [5, 5.41) is 0. The quantitative estimate of drug-likeness (QED) is 0.729. The lowest BCUT2D eigenvalue weighted by molar-refractivity contribution is -0.166. The average Bonchev–Trinajstić information content (AvgIpc) is 2.35. The maximum atomic E-state index is 11.5. The lowest BCUT2D eigenvalue weighted by atomic mass is 10.1. The molecule has 0 amide bonds. The smallest absolute Gasteiger partial charge is 0.351 e. The highest BCUT2D eigenvalue weighted by atomic mass is 16.6. The molecule has 0 saturated carbocycles. The van der Waals surface area contributed by atoms with Gasteiger partial charge in [-0.2, -0.15) is 0 Å². The Balaban J connectivity index is 2.88. The van der Waals surface area contributed by atoms with Crippen molar-refractivity contribution in [3.8, 4) is 0 Å². The number of carbonyl (C=O) groups excluding carboxylic acids is 2. The minimum Gasteiger partial charge on any atom is -0.466 e. The lowest BCUT2D eigenvalue weighted by Crippen LogP contribution is -2.20. The fourth-order valence-corrected chi connectivity index (χ4v) is 1.20. The highest BCUT2D eigenvalue weighted by Crippen LogP contribution is 2.19. The molecule has 16 heavy (non-hydrogen) atoms. The predicted octanol–water partition coefficient (Wildman–Crippen LogP) is 1.85. The van der Waals surface area contributed by atoms with Crippen molar-refractivity contribution in [3.05, 3.63) is 35.9 Å². The fraction of sp³-hybridized carbons (Fsp3) is 0.333. The zero-order valence-electron chi connectivity index (χ0n) is 9.30. The van der Waals surface area contributed by atoms with Crippen LogP contribution in [0.5, 0.6) is 0 Å². The van der Waals surface area contributed by atoms with E-state index in [0.29, 0.717) is 5.56 Å². The highest BCUT2D eigenvalue weighted by molar-refractivity contribution is 5.80. The maximum Gasteiger partial charge on any atom is 0.351 e. The molecule has 0 fully saturated rings. The minimum absolute atomic E-state index is 0.223. The largest absolute Gasteiger partial charge is 0.466 e. The summed E-state index contributed by atoms with van der Waals surface area (Å²) in [6.45, 7) is 1.67. The molecule has 1 aromatic carbocycles. The van der Waals surface area contributed by atoms with E-state index < -0.39 is 18.0 Å². The maximum absolute atomic E-state index is 11.5. The number of rotatable bonds is 4. The zero-order chi connectivity index (χ0) is 12.0. The van der Waals surface area contributed by atoms with Gasteiger partial charge in [0.2, 0.25) is 6.10 Å². The number of hydrogen-bond donors (Lipinski definition) is 0. The van der Waals surface area contributed by atoms with Crippen LogP contribution in [0.2, 0.25) is 0 Å². The SMILES string of the molecule is CCC(=O)OC(C(=O)OC)c1ccccc1. The molecule has 0 aliphatic heterocycles. The van der Waals surface area contributed by atoms with Gasteiger partial charge in [0, 0.05) is 12.0 Å². The van der Waals surface area contributed by atoms with Gasteiger partial charge in [0.15, 0.2) is 0 Å². The first-order valence-corrected chi connectivity index (χ1v) is 5.01. The summed E-state index contributed by atoms with van der Waals surface area (Å²) >= 11 is 0. The molecule has 0 radical (unpaired) electrons. The Morgan fingerprint density at radius 3 is 2.38 bits per heavy atom. The lowest BCUT2D eigenvalue weighted by Gasteiger charge is -2.15. The average molecular weight is 222 g/mol. The molecule has 1 aromatic rings. The molecule has 1 unspecified atom stereocenters. The summed E-state index contributed by atoms with van der Waals surface area (Å²) in [4.78, 5) is 22.7. The van der Waals surface area contributed by atoms with Gasteiger partial charge in [0.1, 0.15) is 0 Å². The first-order valence-electron chi connectivity index (χ1n) is 5.01. The van der Waals surface area contributed by atoms with Crippen LogP contribution in [0.1, 0.15) is 25.0 Å². The molecule has 86 valence electrons. The van der Waals surface area contributed by atoms with Gasteiger partial charge in [-0.3, -0.25) is 4.79 Å². The van der Waals surface area contributed by atoms with Gasteiger partial charge in [-0.15, -0.1) is 0 Å². The van der Waals surface area contributed by atoms with Gasteiger partial charge in [-0.05, 0) is 0 Å². The normalized spacial score (nSPS) is 11.6. The van der Waals surface area contributed by atoms with Crippen molar-refractivity contribution in [1.29, 1.82) is 0 Å². The van der Waals surface area contributed by atoms with Crippen molar-refractivity contribution < 1.29 is 19.1 Å².